The highest BCUT2D eigenvalue weighted by Crippen LogP contribution is 2.56. The Balaban J connectivity index is 1.36. The average Bonchev–Trinajstić information content (AvgIpc) is 3.04. The second-order valence-corrected chi connectivity index (χ2v) is 8.92. The van der Waals surface area contributed by atoms with Crippen LogP contribution in [0.3, 0.4) is 0 Å². The van der Waals surface area contributed by atoms with Crippen molar-refractivity contribution in [2.75, 3.05) is 32.7 Å². The molecule has 2 aliphatic rings. The molecule has 2 heterocycles. The molecule has 6 heteroatoms. The highest BCUT2D eigenvalue weighted by Gasteiger charge is 2.28. The topological polar surface area (TPSA) is 64.0 Å². The lowest BCUT2D eigenvalue weighted by molar-refractivity contribution is 0.0650. The fraction of sp³-hybridized carbons (Fsp3) is 0.227. The van der Waals surface area contributed by atoms with Crippen LogP contribution in [-0.4, -0.2) is 57.5 Å². The molecule has 2 aromatic rings. The Morgan fingerprint density at radius 2 is 1.75 bits per heavy atom. The molecule has 0 aliphatic carbocycles. The maximum atomic E-state index is 13.0. The molecule has 2 aromatic carbocycles. The summed E-state index contributed by atoms with van der Waals surface area (Å²) in [5.74, 6) is -0.0434. The van der Waals surface area contributed by atoms with Gasteiger partial charge in [-0.15, -0.1) is 10.6 Å². The lowest BCUT2D eigenvalue weighted by atomic mass is 10.1. The van der Waals surface area contributed by atoms with Gasteiger partial charge in [-0.1, -0.05) is 48.6 Å². The first-order chi connectivity index (χ1) is 13.5. The van der Waals surface area contributed by atoms with Gasteiger partial charge in [0.1, 0.15) is 0 Å². The van der Waals surface area contributed by atoms with Crippen molar-refractivity contribution in [3.8, 4) is 0 Å². The molecule has 28 heavy (non-hydrogen) atoms. The molecule has 0 unspecified atom stereocenters. The van der Waals surface area contributed by atoms with E-state index in [4.69, 9.17) is 0 Å². The maximum Gasteiger partial charge on any atom is 0.254 e. The normalized spacial score (nSPS) is 19.7. The minimum Gasteiger partial charge on any atom is -0.336 e. The molecule has 0 spiro atoms. The molecule has 2 N–H and O–H groups in total. The van der Waals surface area contributed by atoms with Gasteiger partial charge in [0.2, 0.25) is 0 Å². The van der Waals surface area contributed by atoms with Crippen LogP contribution in [0.15, 0.2) is 64.9 Å². The number of amides is 1. The number of hydrogen-bond donors (Lipinski definition) is 2. The van der Waals surface area contributed by atoms with Crippen LogP contribution in [0.1, 0.15) is 21.5 Å². The van der Waals surface area contributed by atoms with Crippen molar-refractivity contribution in [2.24, 2.45) is 0 Å². The van der Waals surface area contributed by atoms with E-state index < -0.39 is 10.6 Å². The minimum atomic E-state index is -2.90. The Morgan fingerprint density at radius 1 is 1.00 bits per heavy atom. The summed E-state index contributed by atoms with van der Waals surface area (Å²) in [4.78, 5) is 17.6. The van der Waals surface area contributed by atoms with Crippen LogP contribution in [0, 0.1) is 0 Å². The van der Waals surface area contributed by atoms with E-state index in [9.17, 15) is 13.9 Å². The number of carbonyl (C=O) groups is 1. The van der Waals surface area contributed by atoms with Gasteiger partial charge in [-0.25, -0.2) is 0 Å². The summed E-state index contributed by atoms with van der Waals surface area (Å²) in [5, 5.41) is 1.39. The van der Waals surface area contributed by atoms with Gasteiger partial charge in [-0.2, -0.15) is 0 Å². The number of piperazine rings is 1. The second kappa shape index (κ2) is 7.93. The zero-order valence-electron chi connectivity index (χ0n) is 15.6. The first-order valence-corrected chi connectivity index (χ1v) is 11.0. The summed E-state index contributed by atoms with van der Waals surface area (Å²) in [6.45, 7) is 3.85. The van der Waals surface area contributed by atoms with Crippen molar-refractivity contribution >= 4 is 28.6 Å². The van der Waals surface area contributed by atoms with E-state index in [1.165, 1.54) is 11.0 Å². The first kappa shape index (κ1) is 19.0. The van der Waals surface area contributed by atoms with Gasteiger partial charge >= 0.3 is 0 Å². The summed E-state index contributed by atoms with van der Waals surface area (Å²) < 4.78 is 20.2. The number of carbonyl (C=O) groups excluding carboxylic acids is 1. The van der Waals surface area contributed by atoms with Crippen LogP contribution < -0.4 is 0 Å². The van der Waals surface area contributed by atoms with Crippen LogP contribution >= 0.6 is 10.6 Å². The third kappa shape index (κ3) is 3.91. The fourth-order valence-corrected chi connectivity index (χ4v) is 4.86. The van der Waals surface area contributed by atoms with Gasteiger partial charge in [-0.05, 0) is 23.8 Å². The molecular formula is C22H24N2O3S. The largest absolute Gasteiger partial charge is 0.336 e. The van der Waals surface area contributed by atoms with Crippen LogP contribution in [0.2, 0.25) is 0 Å². The van der Waals surface area contributed by atoms with Crippen LogP contribution in [0.25, 0.3) is 12.2 Å². The molecular weight excluding hydrogens is 372 g/mol. The van der Waals surface area contributed by atoms with Crippen molar-refractivity contribution in [3.05, 3.63) is 76.7 Å². The Morgan fingerprint density at radius 3 is 2.50 bits per heavy atom. The summed E-state index contributed by atoms with van der Waals surface area (Å²) in [6, 6.07) is 15.4. The Hall–Kier alpha value is -2.38. The van der Waals surface area contributed by atoms with Gasteiger partial charge in [0, 0.05) is 49.3 Å². The Bertz CT molecular complexity index is 917. The van der Waals surface area contributed by atoms with E-state index in [0.717, 1.165) is 19.6 Å². The van der Waals surface area contributed by atoms with Gasteiger partial charge in [0.15, 0.2) is 0 Å². The molecule has 0 aromatic heterocycles. The van der Waals surface area contributed by atoms with Crippen LogP contribution in [-0.2, 0) is 0 Å². The summed E-state index contributed by atoms with van der Waals surface area (Å²) in [5.41, 5.74) is 2.37. The summed E-state index contributed by atoms with van der Waals surface area (Å²) in [7, 11) is -2.90. The van der Waals surface area contributed by atoms with E-state index in [0.29, 0.717) is 29.1 Å². The third-order valence-corrected chi connectivity index (χ3v) is 6.70. The molecule has 146 valence electrons. The standard InChI is InChI=1S/C22H24N2O3S/c25-22(20-9-4-10-21-19(20)11-17-28(21,26)27)24-15-13-23(14-16-24)12-5-8-18-6-2-1-3-7-18/h1-11,17,26-27H,12-16H2. The van der Waals surface area contributed by atoms with E-state index in [-0.39, 0.29) is 5.91 Å². The first-order valence-electron chi connectivity index (χ1n) is 9.37. The van der Waals surface area contributed by atoms with E-state index in [1.807, 2.05) is 23.1 Å². The molecule has 0 saturated carbocycles. The molecule has 1 fully saturated rings. The number of benzene rings is 2. The van der Waals surface area contributed by atoms with Crippen LogP contribution in [0.4, 0.5) is 0 Å². The highest BCUT2D eigenvalue weighted by atomic mass is 32.3. The van der Waals surface area contributed by atoms with Crippen molar-refractivity contribution < 1.29 is 13.9 Å². The summed E-state index contributed by atoms with van der Waals surface area (Å²) in [6.07, 6.45) is 5.94. The number of fused-ring (bicyclic) bond motifs is 1. The van der Waals surface area contributed by atoms with E-state index in [1.54, 1.807) is 24.3 Å². The molecule has 0 radical (unpaired) electrons. The Kier molecular flexibility index (Phi) is 5.37. The molecule has 5 nitrogen and oxygen atoms in total. The SMILES string of the molecule is O=C(c1cccc2c1C=CS2(O)O)N1CCN(CC=Cc2ccccc2)CC1. The molecule has 1 saturated heterocycles. The molecule has 1 amide bonds. The number of nitrogens with zero attached hydrogens (tertiary/aromatic N) is 2. The highest BCUT2D eigenvalue weighted by molar-refractivity contribution is 8.27. The molecule has 2 aliphatic heterocycles. The predicted octanol–water partition coefficient (Wildman–Crippen LogP) is 4.25. The number of hydrogen-bond acceptors (Lipinski definition) is 4. The zero-order chi connectivity index (χ0) is 19.6. The van der Waals surface area contributed by atoms with Crippen molar-refractivity contribution in [2.45, 2.75) is 4.90 Å². The van der Waals surface area contributed by atoms with Crippen LogP contribution in [0.5, 0.6) is 0 Å². The molecule has 4 rings (SSSR count). The van der Waals surface area contributed by atoms with Gasteiger partial charge in [-0.3, -0.25) is 18.8 Å². The zero-order valence-corrected chi connectivity index (χ0v) is 16.4. The third-order valence-electron chi connectivity index (χ3n) is 5.18. The lowest BCUT2D eigenvalue weighted by Crippen LogP contribution is -2.48. The quantitative estimate of drug-likeness (QED) is 0.811. The predicted molar refractivity (Wildman–Crippen MR) is 114 cm³/mol. The maximum absolute atomic E-state index is 13.0. The second-order valence-electron chi connectivity index (χ2n) is 7.02. The minimum absolute atomic E-state index is 0.0434. The molecule has 0 atom stereocenters. The fourth-order valence-electron chi connectivity index (χ4n) is 3.61. The van der Waals surface area contributed by atoms with Crippen molar-refractivity contribution in [1.82, 2.24) is 9.80 Å². The lowest BCUT2D eigenvalue weighted by Gasteiger charge is -2.34. The summed E-state index contributed by atoms with van der Waals surface area (Å²) >= 11 is 0. The smallest absolute Gasteiger partial charge is 0.254 e. The Labute approximate surface area is 166 Å². The van der Waals surface area contributed by atoms with Gasteiger partial charge < -0.3 is 4.90 Å². The average molecular weight is 397 g/mol. The van der Waals surface area contributed by atoms with E-state index >= 15 is 0 Å². The number of rotatable bonds is 4. The van der Waals surface area contributed by atoms with E-state index in [2.05, 4.69) is 29.2 Å². The van der Waals surface area contributed by atoms with Gasteiger partial charge in [0.05, 0.1) is 4.90 Å². The molecule has 0 bridgehead atoms. The monoisotopic (exact) mass is 396 g/mol. The van der Waals surface area contributed by atoms with Crippen molar-refractivity contribution in [1.29, 1.82) is 0 Å². The van der Waals surface area contributed by atoms with Gasteiger partial charge in [0.25, 0.3) is 5.91 Å². The van der Waals surface area contributed by atoms with Crippen molar-refractivity contribution in [3.63, 3.8) is 0 Å².